The molecule has 1 fully saturated rings. The third kappa shape index (κ3) is 17.4. The molecule has 3 N–H and O–H groups in total. The first-order valence-electron chi connectivity index (χ1n) is 16.6. The molecule has 1 aliphatic carbocycles. The molecule has 216 valence electrons. The molecule has 0 spiro atoms. The molecule has 1 rings (SSSR count). The van der Waals surface area contributed by atoms with Crippen LogP contribution in [0.2, 0.25) is 0 Å². The van der Waals surface area contributed by atoms with Crippen molar-refractivity contribution >= 4 is 0 Å². The minimum Gasteiger partial charge on any atom is -0.396 e. The first kappa shape index (κ1) is 33.9. The minimum absolute atomic E-state index is 0.00404. The molecule has 0 heterocycles. The molecule has 0 radical (unpaired) electrons. The zero-order valence-corrected chi connectivity index (χ0v) is 24.3. The van der Waals surface area contributed by atoms with E-state index in [1.807, 2.05) is 0 Å². The molecular weight excluding hydrogens is 444 g/mol. The van der Waals surface area contributed by atoms with Crippen LogP contribution < -0.4 is 0 Å². The average Bonchev–Trinajstić information content (AvgIpc) is 2.87. The minimum atomic E-state index is -0.00404. The van der Waals surface area contributed by atoms with E-state index in [1.165, 1.54) is 148 Å². The maximum atomic E-state index is 9.93. The van der Waals surface area contributed by atoms with Gasteiger partial charge in [0.15, 0.2) is 0 Å². The van der Waals surface area contributed by atoms with Gasteiger partial charge in [0.05, 0.1) is 0 Å². The number of aliphatic hydroxyl groups is 3. The monoisotopic (exact) mass is 511 g/mol. The molecule has 0 amide bonds. The Morgan fingerprint density at radius 3 is 1.00 bits per heavy atom. The van der Waals surface area contributed by atoms with Crippen LogP contribution >= 0.6 is 0 Å². The van der Waals surface area contributed by atoms with Crippen LogP contribution in [0.1, 0.15) is 180 Å². The summed E-state index contributed by atoms with van der Waals surface area (Å²) in [6, 6.07) is 0. The van der Waals surface area contributed by atoms with Crippen molar-refractivity contribution in [1.82, 2.24) is 0 Å². The summed E-state index contributed by atoms with van der Waals surface area (Å²) in [5, 5.41) is 29.7. The predicted octanol–water partition coefficient (Wildman–Crippen LogP) is 9.50. The molecule has 1 unspecified atom stereocenters. The van der Waals surface area contributed by atoms with Gasteiger partial charge in [-0.3, -0.25) is 0 Å². The summed E-state index contributed by atoms with van der Waals surface area (Å²) in [6.07, 6.45) is 36.4. The third-order valence-electron chi connectivity index (χ3n) is 9.29. The molecule has 3 nitrogen and oxygen atoms in total. The topological polar surface area (TPSA) is 60.7 Å². The summed E-state index contributed by atoms with van der Waals surface area (Å²) >= 11 is 0. The van der Waals surface area contributed by atoms with E-state index in [9.17, 15) is 15.3 Å². The fourth-order valence-electron chi connectivity index (χ4n) is 6.93. The Bertz CT molecular complexity index is 433. The molecule has 1 aliphatic rings. The Labute approximate surface area is 226 Å². The van der Waals surface area contributed by atoms with Crippen LogP contribution in [0.25, 0.3) is 0 Å². The van der Waals surface area contributed by atoms with Crippen LogP contribution in [0.3, 0.4) is 0 Å². The van der Waals surface area contributed by atoms with Gasteiger partial charge in [0.25, 0.3) is 0 Å². The van der Waals surface area contributed by atoms with Crippen LogP contribution in [-0.2, 0) is 0 Å². The summed E-state index contributed by atoms with van der Waals surface area (Å²) in [6.45, 7) is 0.618. The molecule has 0 aromatic carbocycles. The molecule has 0 bridgehead atoms. The Morgan fingerprint density at radius 1 is 0.389 bits per heavy atom. The van der Waals surface area contributed by atoms with Gasteiger partial charge in [-0.25, -0.2) is 0 Å². The van der Waals surface area contributed by atoms with Crippen LogP contribution in [0, 0.1) is 11.3 Å². The Balaban J connectivity index is 2.55. The summed E-state index contributed by atoms with van der Waals surface area (Å²) < 4.78 is 0. The SMILES string of the molecule is OCCC1CCCCCCCCCCCCCCCCCCCCCCCCCC1(CCO)CCO. The largest absolute Gasteiger partial charge is 0.396 e. The van der Waals surface area contributed by atoms with Crippen molar-refractivity contribution in [1.29, 1.82) is 0 Å². The Hall–Kier alpha value is -0.120. The van der Waals surface area contributed by atoms with Crippen molar-refractivity contribution in [2.75, 3.05) is 19.8 Å². The maximum absolute atomic E-state index is 9.93. The van der Waals surface area contributed by atoms with Crippen molar-refractivity contribution in [3.8, 4) is 0 Å². The molecule has 0 aromatic heterocycles. The molecule has 3 heteroatoms. The summed E-state index contributed by atoms with van der Waals surface area (Å²) in [5.74, 6) is 0.421. The van der Waals surface area contributed by atoms with Gasteiger partial charge in [0.2, 0.25) is 0 Å². The van der Waals surface area contributed by atoms with E-state index in [0.717, 1.165) is 32.1 Å². The molecular formula is C33H66O3. The molecule has 1 saturated carbocycles. The Kier molecular flexibility index (Phi) is 23.7. The van der Waals surface area contributed by atoms with Crippen LogP contribution in [0.5, 0.6) is 0 Å². The highest BCUT2D eigenvalue weighted by Gasteiger charge is 2.36. The van der Waals surface area contributed by atoms with Crippen molar-refractivity contribution in [3.63, 3.8) is 0 Å². The van der Waals surface area contributed by atoms with Crippen molar-refractivity contribution < 1.29 is 15.3 Å². The van der Waals surface area contributed by atoms with E-state index in [1.54, 1.807) is 0 Å². The van der Waals surface area contributed by atoms with Crippen LogP contribution in [-0.4, -0.2) is 35.1 Å². The first-order chi connectivity index (χ1) is 17.8. The lowest BCUT2D eigenvalue weighted by Crippen LogP contribution is -2.34. The molecule has 0 aromatic rings. The van der Waals surface area contributed by atoms with Crippen molar-refractivity contribution in [2.24, 2.45) is 11.3 Å². The van der Waals surface area contributed by atoms with E-state index >= 15 is 0 Å². The highest BCUT2D eigenvalue weighted by molar-refractivity contribution is 4.87. The second-order valence-electron chi connectivity index (χ2n) is 12.2. The van der Waals surface area contributed by atoms with Gasteiger partial charge < -0.3 is 15.3 Å². The molecule has 0 saturated heterocycles. The van der Waals surface area contributed by atoms with E-state index in [2.05, 4.69) is 0 Å². The predicted molar refractivity (Wildman–Crippen MR) is 156 cm³/mol. The average molecular weight is 511 g/mol. The molecule has 36 heavy (non-hydrogen) atoms. The van der Waals surface area contributed by atoms with Gasteiger partial charge in [0.1, 0.15) is 0 Å². The number of hydrogen-bond donors (Lipinski definition) is 3. The lowest BCUT2D eigenvalue weighted by molar-refractivity contribution is 0.0382. The zero-order chi connectivity index (χ0) is 26.0. The number of rotatable bonds is 6. The van der Waals surface area contributed by atoms with Gasteiger partial charge in [-0.2, -0.15) is 0 Å². The van der Waals surface area contributed by atoms with Crippen LogP contribution in [0.4, 0.5) is 0 Å². The first-order valence-corrected chi connectivity index (χ1v) is 16.6. The quantitative estimate of drug-likeness (QED) is 0.333. The second-order valence-corrected chi connectivity index (χ2v) is 12.2. The number of aliphatic hydroxyl groups excluding tert-OH is 3. The lowest BCUT2D eigenvalue weighted by Gasteiger charge is -2.41. The molecule has 1 atom stereocenters. The van der Waals surface area contributed by atoms with E-state index < -0.39 is 0 Å². The highest BCUT2D eigenvalue weighted by atomic mass is 16.3. The standard InChI is InChI=1S/C33H66O3/c34-29-25-32-24-22-20-18-16-14-12-10-8-6-4-2-1-3-5-7-9-11-13-15-17-19-21-23-26-33(32,27-30-35)28-31-36/h32,34-36H,1-31H2. The summed E-state index contributed by atoms with van der Waals surface area (Å²) in [5.41, 5.74) is -0.00404. The second kappa shape index (κ2) is 25.2. The highest BCUT2D eigenvalue weighted by Crippen LogP contribution is 2.44. The normalized spacial score (nSPS) is 24.6. The maximum Gasteiger partial charge on any atom is 0.0436 e. The lowest BCUT2D eigenvalue weighted by atomic mass is 9.65. The van der Waals surface area contributed by atoms with E-state index in [-0.39, 0.29) is 25.2 Å². The van der Waals surface area contributed by atoms with E-state index in [0.29, 0.717) is 5.92 Å². The summed E-state index contributed by atoms with van der Waals surface area (Å²) in [7, 11) is 0. The Morgan fingerprint density at radius 2 is 0.694 bits per heavy atom. The molecule has 0 aliphatic heterocycles. The van der Waals surface area contributed by atoms with E-state index in [4.69, 9.17) is 0 Å². The summed E-state index contributed by atoms with van der Waals surface area (Å²) in [4.78, 5) is 0. The van der Waals surface area contributed by atoms with Gasteiger partial charge in [-0.05, 0) is 43.4 Å². The number of hydrogen-bond acceptors (Lipinski definition) is 3. The van der Waals surface area contributed by atoms with Gasteiger partial charge >= 0.3 is 0 Å². The van der Waals surface area contributed by atoms with Gasteiger partial charge in [-0.1, -0.05) is 148 Å². The fourth-order valence-corrected chi connectivity index (χ4v) is 6.93. The van der Waals surface area contributed by atoms with Crippen molar-refractivity contribution in [3.05, 3.63) is 0 Å². The third-order valence-corrected chi connectivity index (χ3v) is 9.29. The van der Waals surface area contributed by atoms with Gasteiger partial charge in [-0.15, -0.1) is 0 Å². The van der Waals surface area contributed by atoms with Gasteiger partial charge in [0, 0.05) is 19.8 Å². The fraction of sp³-hybridized carbons (Fsp3) is 1.00. The smallest absolute Gasteiger partial charge is 0.0436 e. The zero-order valence-electron chi connectivity index (χ0n) is 24.3. The van der Waals surface area contributed by atoms with Crippen molar-refractivity contribution in [2.45, 2.75) is 180 Å². The van der Waals surface area contributed by atoms with Crippen LogP contribution in [0.15, 0.2) is 0 Å².